The number of imidazole rings is 1. The van der Waals surface area contributed by atoms with E-state index in [4.69, 9.17) is 50.4 Å². The average Bonchev–Trinajstić information content (AvgIpc) is 3.05. The van der Waals surface area contributed by atoms with E-state index in [1.807, 2.05) is 0 Å². The van der Waals surface area contributed by atoms with Crippen LogP contribution in [0, 0.1) is 0 Å². The van der Waals surface area contributed by atoms with Crippen LogP contribution in [0.5, 0.6) is 0 Å². The lowest BCUT2D eigenvalue weighted by atomic mass is 10.1. The van der Waals surface area contributed by atoms with Crippen LogP contribution in [0.25, 0.3) is 11.0 Å². The van der Waals surface area contributed by atoms with Crippen LogP contribution in [0.1, 0.15) is 21.4 Å². The predicted molar refractivity (Wildman–Crippen MR) is 96.7 cm³/mol. The summed E-state index contributed by atoms with van der Waals surface area (Å²) in [7, 11) is 0. The van der Waals surface area contributed by atoms with Crippen molar-refractivity contribution in [1.29, 1.82) is 0 Å². The summed E-state index contributed by atoms with van der Waals surface area (Å²) in [6, 6.07) is 3.13. The molecule has 1 N–H and O–H groups in total. The van der Waals surface area contributed by atoms with Gasteiger partial charge in [-0.1, -0.05) is 23.2 Å². The number of fused-ring (bicyclic) bond motifs is 1. The molecule has 0 amide bonds. The highest BCUT2D eigenvalue weighted by molar-refractivity contribution is 6.42. The number of nitrogens with zero attached hydrogens (tertiary/aromatic N) is 2. The minimum atomic E-state index is -1.15. The van der Waals surface area contributed by atoms with E-state index in [-0.39, 0.29) is 25.4 Å². The Morgan fingerprint density at radius 2 is 2.15 bits per heavy atom. The molecule has 142 valence electrons. The third-order valence-electron chi connectivity index (χ3n) is 3.98. The zero-order valence-electron chi connectivity index (χ0n) is 14.7. The van der Waals surface area contributed by atoms with Gasteiger partial charge in [0, 0.05) is 14.9 Å². The zero-order valence-corrected chi connectivity index (χ0v) is 16.0. The van der Waals surface area contributed by atoms with Crippen LogP contribution in [0.15, 0.2) is 12.1 Å². The minimum absolute atomic E-state index is 0.0329. The Morgan fingerprint density at radius 3 is 2.85 bits per heavy atom. The number of benzene rings is 1. The van der Waals surface area contributed by atoms with Crippen molar-refractivity contribution in [2.45, 2.75) is 38.4 Å². The van der Waals surface area contributed by atoms with Crippen LogP contribution < -0.4 is 0 Å². The molecule has 0 bridgehead atoms. The highest BCUT2D eigenvalue weighted by Gasteiger charge is 2.48. The van der Waals surface area contributed by atoms with Crippen LogP contribution in [0.2, 0.25) is 15.3 Å². The van der Waals surface area contributed by atoms with E-state index in [0.29, 0.717) is 21.1 Å². The van der Waals surface area contributed by atoms with Gasteiger partial charge in [-0.05, 0) is 30.6 Å². The van der Waals surface area contributed by atoms with E-state index < -0.39 is 30.5 Å². The largest absolute Gasteiger partial charge is 0.455 e. The lowest BCUT2D eigenvalue weighted by Crippen LogP contribution is -2.37. The molecule has 0 saturated carbocycles. The fourth-order valence-electron chi connectivity index (χ4n) is 2.89. The average molecular weight is 425 g/mol. The number of halogens is 3. The van der Waals surface area contributed by atoms with Crippen molar-refractivity contribution in [3.05, 3.63) is 27.5 Å². The number of carbonyl (C=O) groups excluding carboxylic acids is 1. The molecule has 7 nitrogen and oxygen atoms in total. The first-order valence-electron chi connectivity index (χ1n) is 8.44. The van der Waals surface area contributed by atoms with Crippen molar-refractivity contribution in [2.24, 2.45) is 0 Å². The molecule has 1 fully saturated rings. The number of aliphatic hydroxyl groups excluding tert-OH is 1. The Labute approximate surface area is 166 Å². The zero-order chi connectivity index (χ0) is 19.7. The molecule has 1 aliphatic rings. The lowest BCUT2D eigenvalue weighted by Gasteiger charge is -2.22. The summed E-state index contributed by atoms with van der Waals surface area (Å²) in [6.07, 6.45) is -3.90. The molecule has 1 aromatic carbocycles. The van der Waals surface area contributed by atoms with E-state index in [1.54, 1.807) is 12.1 Å². The summed E-state index contributed by atoms with van der Waals surface area (Å²) >= 11 is 18.4. The molecule has 1 aliphatic heterocycles. The Balaban J connectivity index is 1.99. The number of hydrogen-bond acceptors (Lipinski definition) is 6. The van der Waals surface area contributed by atoms with Crippen LogP contribution in [-0.2, 0) is 19.0 Å². The number of aromatic nitrogens is 2. The Hall–Kier alpha value is -1.09. The quantitative estimate of drug-likeness (QED) is 0.586. The Morgan fingerprint density at radius 1 is 1.42 bits per heavy atom. The SMILES string of the molecule is [2H]CCOC[C@H]1OC(n2c(Cl)nc3cc(Cl)c(Cl)cc32)[C@H](OC(C)=O)[C@@H]1O. The molecule has 1 unspecified atom stereocenters. The molecule has 0 radical (unpaired) electrons. The maximum absolute atomic E-state index is 11.5. The van der Waals surface area contributed by atoms with Crippen molar-refractivity contribution < 1.29 is 25.5 Å². The predicted octanol–water partition coefficient (Wildman–Crippen LogP) is 3.22. The number of rotatable bonds is 5. The number of esters is 1. The monoisotopic (exact) mass is 423 g/mol. The standard InChI is InChI=1S/C16H17Cl3N2O5/c1-3-24-6-12-13(23)14(25-7(2)22)15(26-12)21-11-5-9(18)8(17)4-10(11)20-16(21)19/h4-5,12-15,23H,3,6H2,1-2H3/t12-,13-,14-,15?/m1/s1/i1D. The van der Waals surface area contributed by atoms with Gasteiger partial charge in [0.15, 0.2) is 12.3 Å². The number of hydrogen-bond donors (Lipinski definition) is 1. The summed E-state index contributed by atoms with van der Waals surface area (Å²) in [5.41, 5.74) is 0.986. The summed E-state index contributed by atoms with van der Waals surface area (Å²) in [5, 5.41) is 11.2. The van der Waals surface area contributed by atoms with Gasteiger partial charge < -0.3 is 19.3 Å². The van der Waals surface area contributed by atoms with Gasteiger partial charge in [0.1, 0.15) is 12.2 Å². The van der Waals surface area contributed by atoms with Crippen molar-refractivity contribution >= 4 is 51.8 Å². The second-order valence-electron chi connectivity index (χ2n) is 5.71. The molecular formula is C16H17Cl3N2O5. The lowest BCUT2D eigenvalue weighted by molar-refractivity contribution is -0.155. The van der Waals surface area contributed by atoms with Crippen LogP contribution in [-0.4, -0.2) is 52.2 Å². The Kier molecular flexibility index (Phi) is 5.54. The molecule has 10 heteroatoms. The van der Waals surface area contributed by atoms with Gasteiger partial charge in [0.05, 0.1) is 27.7 Å². The maximum Gasteiger partial charge on any atom is 0.303 e. The number of carbonyl (C=O) groups is 1. The van der Waals surface area contributed by atoms with Crippen LogP contribution in [0.4, 0.5) is 0 Å². The molecule has 1 saturated heterocycles. The number of ether oxygens (including phenoxy) is 3. The first-order valence-corrected chi connectivity index (χ1v) is 8.87. The van der Waals surface area contributed by atoms with Gasteiger partial charge in [0.25, 0.3) is 0 Å². The molecule has 1 aromatic heterocycles. The summed E-state index contributed by atoms with van der Waals surface area (Å²) in [6.45, 7) is 1.54. The smallest absolute Gasteiger partial charge is 0.303 e. The first-order chi connectivity index (χ1) is 12.8. The molecule has 26 heavy (non-hydrogen) atoms. The van der Waals surface area contributed by atoms with Crippen molar-refractivity contribution in [2.75, 3.05) is 13.2 Å². The maximum atomic E-state index is 11.5. The minimum Gasteiger partial charge on any atom is -0.455 e. The molecule has 2 aromatic rings. The molecule has 0 aliphatic carbocycles. The summed E-state index contributed by atoms with van der Waals surface area (Å²) < 4.78 is 25.1. The van der Waals surface area contributed by atoms with Crippen molar-refractivity contribution in [3.8, 4) is 0 Å². The molecule has 4 atom stereocenters. The third-order valence-corrected chi connectivity index (χ3v) is 4.97. The molecule has 2 heterocycles. The van der Waals surface area contributed by atoms with Gasteiger partial charge in [-0.3, -0.25) is 9.36 Å². The van der Waals surface area contributed by atoms with Gasteiger partial charge in [0.2, 0.25) is 5.28 Å². The third kappa shape index (κ3) is 3.65. The van der Waals surface area contributed by atoms with E-state index in [0.717, 1.165) is 0 Å². The van der Waals surface area contributed by atoms with Crippen molar-refractivity contribution in [1.82, 2.24) is 9.55 Å². The van der Waals surface area contributed by atoms with Crippen LogP contribution in [0.3, 0.4) is 0 Å². The van der Waals surface area contributed by atoms with Gasteiger partial charge >= 0.3 is 5.97 Å². The number of aliphatic hydroxyl groups is 1. The second kappa shape index (κ2) is 7.88. The van der Waals surface area contributed by atoms with Gasteiger partial charge in [-0.2, -0.15) is 0 Å². The highest BCUT2D eigenvalue weighted by atomic mass is 35.5. The summed E-state index contributed by atoms with van der Waals surface area (Å²) in [4.78, 5) is 15.8. The van der Waals surface area contributed by atoms with E-state index in [9.17, 15) is 9.90 Å². The molecule has 0 spiro atoms. The summed E-state index contributed by atoms with van der Waals surface area (Å²) in [5.74, 6) is -0.581. The topological polar surface area (TPSA) is 82.8 Å². The molecular weight excluding hydrogens is 407 g/mol. The first kappa shape index (κ1) is 18.3. The molecule has 3 rings (SSSR count). The highest BCUT2D eigenvalue weighted by Crippen LogP contribution is 2.38. The van der Waals surface area contributed by atoms with E-state index >= 15 is 0 Å². The van der Waals surface area contributed by atoms with Gasteiger partial charge in [-0.15, -0.1) is 0 Å². The van der Waals surface area contributed by atoms with E-state index in [1.165, 1.54) is 11.5 Å². The van der Waals surface area contributed by atoms with Crippen LogP contribution >= 0.6 is 34.8 Å². The normalized spacial score (nSPS) is 26.3. The van der Waals surface area contributed by atoms with E-state index in [2.05, 4.69) is 4.98 Å². The van der Waals surface area contributed by atoms with Crippen molar-refractivity contribution in [3.63, 3.8) is 0 Å². The fourth-order valence-corrected chi connectivity index (χ4v) is 3.48. The Bertz CT molecular complexity index is 849. The van der Waals surface area contributed by atoms with Gasteiger partial charge in [-0.25, -0.2) is 4.98 Å². The fraction of sp³-hybridized carbons (Fsp3) is 0.500. The second-order valence-corrected chi connectivity index (χ2v) is 6.86.